The molecule has 0 heterocycles. The molecule has 0 spiro atoms. The molecule has 2 heteroatoms. The molecule has 0 aromatic rings. The molecule has 0 saturated heterocycles. The summed E-state index contributed by atoms with van der Waals surface area (Å²) in [5.74, 6) is 4.95. The van der Waals surface area contributed by atoms with Crippen LogP contribution in [0.15, 0.2) is 12.2 Å². The van der Waals surface area contributed by atoms with Crippen molar-refractivity contribution in [3.8, 4) is 0 Å². The summed E-state index contributed by atoms with van der Waals surface area (Å²) in [6.07, 6.45) is 2.39. The molecule has 0 aromatic heterocycles. The molecule has 1 saturated carbocycles. The van der Waals surface area contributed by atoms with Gasteiger partial charge in [0.2, 0.25) is 0 Å². The summed E-state index contributed by atoms with van der Waals surface area (Å²) in [6.45, 7) is 6.55. The molecule has 1 aliphatic rings. The van der Waals surface area contributed by atoms with Crippen molar-refractivity contribution < 1.29 is 4.84 Å². The van der Waals surface area contributed by atoms with Crippen LogP contribution in [-0.2, 0) is 4.84 Å². The van der Waals surface area contributed by atoms with Gasteiger partial charge in [0.1, 0.15) is 0 Å². The molecule has 2 N–H and O–H groups in total. The summed E-state index contributed by atoms with van der Waals surface area (Å²) in [5, 5.41) is 0. The monoisotopic (exact) mass is 127 g/mol. The van der Waals surface area contributed by atoms with Gasteiger partial charge in [-0.05, 0) is 19.8 Å². The van der Waals surface area contributed by atoms with E-state index in [1.807, 2.05) is 6.92 Å². The predicted molar refractivity (Wildman–Crippen MR) is 36.6 cm³/mol. The molecule has 1 rings (SSSR count). The maximum absolute atomic E-state index is 4.95. The van der Waals surface area contributed by atoms with Crippen LogP contribution in [0.25, 0.3) is 0 Å². The maximum Gasteiger partial charge on any atom is 0.0772 e. The first kappa shape index (κ1) is 6.78. The summed E-state index contributed by atoms with van der Waals surface area (Å²) < 4.78 is 0. The summed E-state index contributed by atoms with van der Waals surface area (Å²) in [7, 11) is 0. The molecule has 2 nitrogen and oxygen atoms in total. The zero-order valence-corrected chi connectivity index (χ0v) is 5.81. The van der Waals surface area contributed by atoms with Crippen LogP contribution in [0.2, 0.25) is 0 Å². The smallest absolute Gasteiger partial charge is 0.0772 e. The van der Waals surface area contributed by atoms with Crippen molar-refractivity contribution in [2.75, 3.05) is 6.61 Å². The van der Waals surface area contributed by atoms with Crippen LogP contribution >= 0.6 is 0 Å². The highest BCUT2D eigenvalue weighted by Gasteiger charge is 2.43. The topological polar surface area (TPSA) is 35.2 Å². The van der Waals surface area contributed by atoms with Crippen molar-refractivity contribution in [2.24, 2.45) is 11.3 Å². The molecule has 0 unspecified atom stereocenters. The van der Waals surface area contributed by atoms with Crippen molar-refractivity contribution in [3.63, 3.8) is 0 Å². The fourth-order valence-electron chi connectivity index (χ4n) is 1.00. The van der Waals surface area contributed by atoms with E-state index in [-0.39, 0.29) is 5.41 Å². The number of hydrogen-bond donors (Lipinski definition) is 1. The second kappa shape index (κ2) is 2.12. The Morgan fingerprint density at radius 2 is 2.33 bits per heavy atom. The molecular formula is C7H13NO. The predicted octanol–water partition coefficient (Wildman–Crippen LogP) is 1.23. The van der Waals surface area contributed by atoms with Crippen molar-refractivity contribution in [1.29, 1.82) is 0 Å². The van der Waals surface area contributed by atoms with Crippen LogP contribution in [0.3, 0.4) is 0 Å². The first-order valence-corrected chi connectivity index (χ1v) is 3.19. The minimum Gasteiger partial charge on any atom is -0.304 e. The Labute approximate surface area is 55.6 Å². The average Bonchev–Trinajstić information content (AvgIpc) is 2.49. The van der Waals surface area contributed by atoms with Crippen molar-refractivity contribution in [2.45, 2.75) is 19.8 Å². The standard InChI is InChI=1S/C7H13NO/c1-6(2)7(3-4-7)5-9-8/h1,3-5,8H2,2H3. The lowest BCUT2D eigenvalue weighted by Crippen LogP contribution is -2.14. The minimum absolute atomic E-state index is 0.259. The van der Waals surface area contributed by atoms with E-state index < -0.39 is 0 Å². The van der Waals surface area contributed by atoms with E-state index in [2.05, 4.69) is 11.4 Å². The Bertz CT molecular complexity index is 127. The molecule has 0 radical (unpaired) electrons. The van der Waals surface area contributed by atoms with Crippen molar-refractivity contribution >= 4 is 0 Å². The quantitative estimate of drug-likeness (QED) is 0.457. The lowest BCUT2D eigenvalue weighted by atomic mass is 10.0. The lowest BCUT2D eigenvalue weighted by molar-refractivity contribution is 0.104. The molecule has 9 heavy (non-hydrogen) atoms. The summed E-state index contributed by atoms with van der Waals surface area (Å²) in [6, 6.07) is 0. The SMILES string of the molecule is C=C(C)C1(CON)CC1. The van der Waals surface area contributed by atoms with Crippen LogP contribution < -0.4 is 5.90 Å². The minimum atomic E-state index is 0.259. The van der Waals surface area contributed by atoms with Crippen molar-refractivity contribution in [1.82, 2.24) is 0 Å². The summed E-state index contributed by atoms with van der Waals surface area (Å²) >= 11 is 0. The Balaban J connectivity index is 2.43. The van der Waals surface area contributed by atoms with E-state index >= 15 is 0 Å². The van der Waals surface area contributed by atoms with Crippen molar-refractivity contribution in [3.05, 3.63) is 12.2 Å². The molecule has 52 valence electrons. The third-order valence-corrected chi connectivity index (χ3v) is 2.12. The normalized spacial score (nSPS) is 21.6. The fourth-order valence-corrected chi connectivity index (χ4v) is 1.00. The van der Waals surface area contributed by atoms with Crippen LogP contribution in [0.5, 0.6) is 0 Å². The van der Waals surface area contributed by atoms with Gasteiger partial charge in [0.25, 0.3) is 0 Å². The van der Waals surface area contributed by atoms with Crippen LogP contribution in [0, 0.1) is 5.41 Å². The van der Waals surface area contributed by atoms with Gasteiger partial charge in [-0.3, -0.25) is 0 Å². The fraction of sp³-hybridized carbons (Fsp3) is 0.714. The van der Waals surface area contributed by atoms with E-state index in [0.29, 0.717) is 6.61 Å². The van der Waals surface area contributed by atoms with Gasteiger partial charge in [-0.25, -0.2) is 5.90 Å². The third-order valence-electron chi connectivity index (χ3n) is 2.12. The molecule has 1 aliphatic carbocycles. The zero-order valence-electron chi connectivity index (χ0n) is 5.81. The van der Waals surface area contributed by atoms with Gasteiger partial charge in [-0.1, -0.05) is 12.2 Å². The van der Waals surface area contributed by atoms with Crippen LogP contribution in [0.4, 0.5) is 0 Å². The Hall–Kier alpha value is -0.340. The van der Waals surface area contributed by atoms with Crippen LogP contribution in [-0.4, -0.2) is 6.61 Å². The van der Waals surface area contributed by atoms with Gasteiger partial charge in [-0.15, -0.1) is 0 Å². The molecule has 1 fully saturated rings. The highest BCUT2D eigenvalue weighted by atomic mass is 16.6. The van der Waals surface area contributed by atoms with E-state index in [4.69, 9.17) is 5.90 Å². The maximum atomic E-state index is 4.95. The molecule has 0 aromatic carbocycles. The number of hydrogen-bond acceptors (Lipinski definition) is 2. The molecule has 0 atom stereocenters. The van der Waals surface area contributed by atoms with E-state index in [0.717, 1.165) is 0 Å². The van der Waals surface area contributed by atoms with Gasteiger partial charge in [0.05, 0.1) is 6.61 Å². The summed E-state index contributed by atoms with van der Waals surface area (Å²) in [4.78, 5) is 4.57. The molecule has 0 bridgehead atoms. The first-order valence-electron chi connectivity index (χ1n) is 3.19. The lowest BCUT2D eigenvalue weighted by Gasteiger charge is -2.11. The highest BCUT2D eigenvalue weighted by Crippen LogP contribution is 2.50. The average molecular weight is 127 g/mol. The Kier molecular flexibility index (Phi) is 1.60. The van der Waals surface area contributed by atoms with E-state index in [1.165, 1.54) is 18.4 Å². The van der Waals surface area contributed by atoms with Gasteiger partial charge >= 0.3 is 0 Å². The third kappa shape index (κ3) is 1.14. The second-order valence-electron chi connectivity index (χ2n) is 2.87. The molecule has 0 aliphatic heterocycles. The molecular weight excluding hydrogens is 114 g/mol. The summed E-state index contributed by atoms with van der Waals surface area (Å²) in [5.41, 5.74) is 1.46. The largest absolute Gasteiger partial charge is 0.304 e. The van der Waals surface area contributed by atoms with E-state index in [1.54, 1.807) is 0 Å². The number of rotatable bonds is 3. The van der Waals surface area contributed by atoms with Crippen LogP contribution in [0.1, 0.15) is 19.8 Å². The number of nitrogens with two attached hydrogens (primary N) is 1. The van der Waals surface area contributed by atoms with Gasteiger partial charge in [0, 0.05) is 5.41 Å². The van der Waals surface area contributed by atoms with Gasteiger partial charge in [-0.2, -0.15) is 0 Å². The molecule has 0 amide bonds. The van der Waals surface area contributed by atoms with Gasteiger partial charge < -0.3 is 4.84 Å². The first-order chi connectivity index (χ1) is 4.21. The van der Waals surface area contributed by atoms with Gasteiger partial charge in [0.15, 0.2) is 0 Å². The second-order valence-corrected chi connectivity index (χ2v) is 2.87. The Morgan fingerprint density at radius 3 is 2.44 bits per heavy atom. The highest BCUT2D eigenvalue weighted by molar-refractivity contribution is 5.16. The van der Waals surface area contributed by atoms with E-state index in [9.17, 15) is 0 Å². The zero-order chi connectivity index (χ0) is 6.91. The Morgan fingerprint density at radius 1 is 1.78 bits per heavy atom.